The summed E-state index contributed by atoms with van der Waals surface area (Å²) in [5.74, 6) is 1.50. The highest BCUT2D eigenvalue weighted by atomic mass is 16.2. The summed E-state index contributed by atoms with van der Waals surface area (Å²) >= 11 is 0. The van der Waals surface area contributed by atoms with Gasteiger partial charge in [0.2, 0.25) is 5.91 Å². The molecule has 1 amide bonds. The predicted molar refractivity (Wildman–Crippen MR) is 75.3 cm³/mol. The Morgan fingerprint density at radius 2 is 2.22 bits per heavy atom. The van der Waals surface area contributed by atoms with Crippen LogP contribution in [0, 0.1) is 11.8 Å². The molecule has 1 rings (SSSR count). The molecule has 1 aliphatic rings. The van der Waals surface area contributed by atoms with Crippen LogP contribution >= 0.6 is 0 Å². The van der Waals surface area contributed by atoms with E-state index in [1.165, 1.54) is 13.0 Å². The Balaban J connectivity index is 2.20. The first-order chi connectivity index (χ1) is 8.52. The van der Waals surface area contributed by atoms with Gasteiger partial charge in [-0.25, -0.2) is 0 Å². The van der Waals surface area contributed by atoms with E-state index in [0.29, 0.717) is 18.3 Å². The van der Waals surface area contributed by atoms with Crippen molar-refractivity contribution < 1.29 is 4.79 Å². The summed E-state index contributed by atoms with van der Waals surface area (Å²) in [6.45, 7) is 6.10. The van der Waals surface area contributed by atoms with Crippen molar-refractivity contribution >= 4 is 5.91 Å². The monoisotopic (exact) mass is 255 g/mol. The summed E-state index contributed by atoms with van der Waals surface area (Å²) in [4.78, 5) is 16.3. The van der Waals surface area contributed by atoms with Gasteiger partial charge >= 0.3 is 0 Å². The Morgan fingerprint density at radius 3 is 2.78 bits per heavy atom. The van der Waals surface area contributed by atoms with Crippen LogP contribution in [0.1, 0.15) is 32.6 Å². The van der Waals surface area contributed by atoms with Crippen molar-refractivity contribution in [3.05, 3.63) is 0 Å². The molecule has 4 nitrogen and oxygen atoms in total. The van der Waals surface area contributed by atoms with Gasteiger partial charge in [0.15, 0.2) is 0 Å². The van der Waals surface area contributed by atoms with Gasteiger partial charge in [-0.2, -0.15) is 0 Å². The molecule has 2 unspecified atom stereocenters. The van der Waals surface area contributed by atoms with E-state index in [2.05, 4.69) is 18.9 Å². The first kappa shape index (κ1) is 15.4. The number of likely N-dealkylation sites (tertiary alicyclic amines) is 1. The zero-order valence-electron chi connectivity index (χ0n) is 12.2. The average molecular weight is 255 g/mol. The molecule has 0 aromatic heterocycles. The number of carbonyl (C=O) groups is 1. The molecule has 0 spiro atoms. The number of amides is 1. The SMILES string of the molecule is CC(CCN)CCC(=O)N(C)CC1CCN(C)C1. The number of nitrogens with two attached hydrogens (primary N) is 1. The van der Waals surface area contributed by atoms with Crippen molar-refractivity contribution in [2.75, 3.05) is 40.3 Å². The minimum atomic E-state index is 0.286. The van der Waals surface area contributed by atoms with Crippen molar-refractivity contribution in [3.8, 4) is 0 Å². The lowest BCUT2D eigenvalue weighted by molar-refractivity contribution is -0.130. The smallest absolute Gasteiger partial charge is 0.222 e. The molecule has 0 aromatic rings. The zero-order chi connectivity index (χ0) is 13.5. The highest BCUT2D eigenvalue weighted by Gasteiger charge is 2.22. The molecule has 2 atom stereocenters. The number of nitrogens with zero attached hydrogens (tertiary/aromatic N) is 2. The van der Waals surface area contributed by atoms with Gasteiger partial charge in [-0.1, -0.05) is 6.92 Å². The fraction of sp³-hybridized carbons (Fsp3) is 0.929. The fourth-order valence-corrected chi connectivity index (χ4v) is 2.65. The van der Waals surface area contributed by atoms with Crippen molar-refractivity contribution in [2.24, 2.45) is 17.6 Å². The van der Waals surface area contributed by atoms with E-state index in [9.17, 15) is 4.79 Å². The summed E-state index contributed by atoms with van der Waals surface area (Å²) in [7, 11) is 4.09. The highest BCUT2D eigenvalue weighted by molar-refractivity contribution is 5.75. The second-order valence-electron chi connectivity index (χ2n) is 5.91. The first-order valence-electron chi connectivity index (χ1n) is 7.15. The lowest BCUT2D eigenvalue weighted by atomic mass is 10.0. The van der Waals surface area contributed by atoms with Gasteiger partial charge < -0.3 is 15.5 Å². The average Bonchev–Trinajstić information content (AvgIpc) is 2.72. The number of carbonyl (C=O) groups excluding carboxylic acids is 1. The molecule has 1 aliphatic heterocycles. The molecular formula is C14H29N3O. The molecule has 1 saturated heterocycles. The molecule has 0 aromatic carbocycles. The second-order valence-corrected chi connectivity index (χ2v) is 5.91. The van der Waals surface area contributed by atoms with Crippen LogP contribution in [0.15, 0.2) is 0 Å². The molecule has 0 saturated carbocycles. The number of hydrogen-bond donors (Lipinski definition) is 1. The number of rotatable bonds is 7. The zero-order valence-corrected chi connectivity index (χ0v) is 12.2. The molecule has 0 radical (unpaired) electrons. The van der Waals surface area contributed by atoms with E-state index in [4.69, 9.17) is 5.73 Å². The van der Waals surface area contributed by atoms with E-state index in [1.807, 2.05) is 11.9 Å². The molecule has 2 N–H and O–H groups in total. The van der Waals surface area contributed by atoms with Crippen molar-refractivity contribution in [3.63, 3.8) is 0 Å². The summed E-state index contributed by atoms with van der Waals surface area (Å²) in [6.07, 6.45) is 3.87. The Kier molecular flexibility index (Phi) is 6.65. The van der Waals surface area contributed by atoms with Crippen LogP contribution in [0.5, 0.6) is 0 Å². The predicted octanol–water partition coefficient (Wildman–Crippen LogP) is 1.16. The summed E-state index contributed by atoms with van der Waals surface area (Å²) in [6, 6.07) is 0. The van der Waals surface area contributed by atoms with E-state index < -0.39 is 0 Å². The van der Waals surface area contributed by atoms with Crippen molar-refractivity contribution in [1.29, 1.82) is 0 Å². The quantitative estimate of drug-likeness (QED) is 0.743. The van der Waals surface area contributed by atoms with E-state index in [-0.39, 0.29) is 5.91 Å². The second kappa shape index (κ2) is 7.74. The molecule has 1 heterocycles. The van der Waals surface area contributed by atoms with Gasteiger partial charge in [-0.15, -0.1) is 0 Å². The molecule has 4 heteroatoms. The maximum atomic E-state index is 12.0. The van der Waals surface area contributed by atoms with Crippen molar-refractivity contribution in [1.82, 2.24) is 9.80 Å². The van der Waals surface area contributed by atoms with Gasteiger partial charge in [0.25, 0.3) is 0 Å². The van der Waals surface area contributed by atoms with Gasteiger partial charge in [0, 0.05) is 26.6 Å². The molecule has 0 aliphatic carbocycles. The Bertz CT molecular complexity index is 257. The van der Waals surface area contributed by atoms with E-state index in [0.717, 1.165) is 32.5 Å². The van der Waals surface area contributed by atoms with Crippen LogP contribution in [-0.4, -0.2) is 56.0 Å². The van der Waals surface area contributed by atoms with E-state index in [1.54, 1.807) is 0 Å². The molecule has 1 fully saturated rings. The van der Waals surface area contributed by atoms with Crippen LogP contribution in [-0.2, 0) is 4.79 Å². The highest BCUT2D eigenvalue weighted by Crippen LogP contribution is 2.16. The van der Waals surface area contributed by atoms with Crippen molar-refractivity contribution in [2.45, 2.75) is 32.6 Å². The van der Waals surface area contributed by atoms with Crippen LogP contribution in [0.3, 0.4) is 0 Å². The van der Waals surface area contributed by atoms with Crippen LogP contribution in [0.4, 0.5) is 0 Å². The van der Waals surface area contributed by atoms with E-state index >= 15 is 0 Å². The third kappa shape index (κ3) is 5.36. The van der Waals surface area contributed by atoms with Crippen LogP contribution < -0.4 is 5.73 Å². The minimum Gasteiger partial charge on any atom is -0.345 e. The minimum absolute atomic E-state index is 0.286. The lowest BCUT2D eigenvalue weighted by Crippen LogP contribution is -2.32. The van der Waals surface area contributed by atoms with Gasteiger partial charge in [-0.05, 0) is 51.2 Å². The topological polar surface area (TPSA) is 49.6 Å². The van der Waals surface area contributed by atoms with Crippen LogP contribution in [0.2, 0.25) is 0 Å². The molecule has 0 bridgehead atoms. The van der Waals surface area contributed by atoms with Gasteiger partial charge in [-0.3, -0.25) is 4.79 Å². The fourth-order valence-electron chi connectivity index (χ4n) is 2.65. The first-order valence-corrected chi connectivity index (χ1v) is 7.15. The molecular weight excluding hydrogens is 226 g/mol. The maximum Gasteiger partial charge on any atom is 0.222 e. The third-order valence-corrected chi connectivity index (χ3v) is 3.96. The Labute approximate surface area is 111 Å². The van der Waals surface area contributed by atoms with Crippen LogP contribution in [0.25, 0.3) is 0 Å². The van der Waals surface area contributed by atoms with Gasteiger partial charge in [0.05, 0.1) is 0 Å². The third-order valence-electron chi connectivity index (χ3n) is 3.96. The molecule has 18 heavy (non-hydrogen) atoms. The summed E-state index contributed by atoms with van der Waals surface area (Å²) in [5, 5.41) is 0. The lowest BCUT2D eigenvalue weighted by Gasteiger charge is -2.22. The largest absolute Gasteiger partial charge is 0.345 e. The normalized spacial score (nSPS) is 22.1. The van der Waals surface area contributed by atoms with Gasteiger partial charge in [0.1, 0.15) is 0 Å². The molecule has 106 valence electrons. The summed E-state index contributed by atoms with van der Waals surface area (Å²) < 4.78 is 0. The Hall–Kier alpha value is -0.610. The summed E-state index contributed by atoms with van der Waals surface area (Å²) in [5.41, 5.74) is 5.52. The maximum absolute atomic E-state index is 12.0. The Morgan fingerprint density at radius 1 is 1.50 bits per heavy atom. The standard InChI is InChI=1S/C14H29N3O/c1-12(6-8-15)4-5-14(18)17(3)11-13-7-9-16(2)10-13/h12-13H,4-11,15H2,1-3H3. The number of hydrogen-bond acceptors (Lipinski definition) is 3.